The van der Waals surface area contributed by atoms with Crippen LogP contribution >= 0.6 is 11.6 Å². The second-order valence-corrected chi connectivity index (χ2v) is 12.5. The summed E-state index contributed by atoms with van der Waals surface area (Å²) < 4.78 is 53.3. The van der Waals surface area contributed by atoms with Gasteiger partial charge in [0.05, 0.1) is 30.2 Å². The predicted molar refractivity (Wildman–Crippen MR) is 145 cm³/mol. The number of guanidine groups is 1. The number of halogens is 1. The first-order valence-corrected chi connectivity index (χ1v) is 15.1. The second kappa shape index (κ2) is 11.2. The van der Waals surface area contributed by atoms with Crippen molar-refractivity contribution in [3.05, 3.63) is 76.9 Å². The van der Waals surface area contributed by atoms with E-state index >= 15 is 0 Å². The third-order valence-electron chi connectivity index (χ3n) is 5.59. The van der Waals surface area contributed by atoms with E-state index < -0.39 is 25.8 Å². The number of nitrogens with two attached hydrogens (primary N) is 1. The summed E-state index contributed by atoms with van der Waals surface area (Å²) in [6, 6.07) is 16.6. The van der Waals surface area contributed by atoms with Crippen LogP contribution in [0.5, 0.6) is 0 Å². The Balaban J connectivity index is 1.75. The van der Waals surface area contributed by atoms with Gasteiger partial charge in [-0.3, -0.25) is 0 Å². The lowest BCUT2D eigenvalue weighted by atomic mass is 9.91. The van der Waals surface area contributed by atoms with Crippen LogP contribution in [0.1, 0.15) is 36.9 Å². The summed E-state index contributed by atoms with van der Waals surface area (Å²) in [7, 11) is -8.14. The molecule has 0 aliphatic carbocycles. The van der Waals surface area contributed by atoms with E-state index in [1.54, 1.807) is 26.0 Å². The van der Waals surface area contributed by atoms with Crippen molar-refractivity contribution in [1.82, 2.24) is 25.3 Å². The first kappa shape index (κ1) is 27.7. The minimum atomic E-state index is -4.32. The lowest BCUT2D eigenvalue weighted by molar-refractivity contribution is 0.454. The zero-order chi connectivity index (χ0) is 27.5. The van der Waals surface area contributed by atoms with Gasteiger partial charge >= 0.3 is 10.0 Å². The minimum absolute atomic E-state index is 0.160. The van der Waals surface area contributed by atoms with Gasteiger partial charge in [0.15, 0.2) is 0 Å². The SMILES string of the molecule is CC(C)n1ncc(S(=O)(=O)N=C(NCCS(N)(=O)=O)N2C[C@@H](c3ccccc3)C(c3ccc(Cl)cc3)=N2)n1. The van der Waals surface area contributed by atoms with Gasteiger partial charge in [-0.25, -0.2) is 18.6 Å². The number of nitrogens with one attached hydrogen (secondary N) is 1. The molecule has 4 rings (SSSR count). The molecule has 2 heterocycles. The number of hydrogen-bond donors (Lipinski definition) is 2. The fraction of sp³-hybridized carbons (Fsp3) is 0.304. The Bertz CT molecular complexity index is 1550. The molecule has 3 N–H and O–H groups in total. The van der Waals surface area contributed by atoms with E-state index in [2.05, 4.69) is 19.9 Å². The van der Waals surface area contributed by atoms with E-state index in [1.807, 2.05) is 42.5 Å². The van der Waals surface area contributed by atoms with E-state index in [1.165, 1.54) is 9.81 Å². The highest BCUT2D eigenvalue weighted by atomic mass is 35.5. The minimum Gasteiger partial charge on any atom is -0.353 e. The first-order valence-electron chi connectivity index (χ1n) is 11.6. The highest BCUT2D eigenvalue weighted by Crippen LogP contribution is 2.29. The van der Waals surface area contributed by atoms with Crippen LogP contribution in [0, 0.1) is 0 Å². The molecule has 0 fully saturated rings. The molecule has 0 unspecified atom stereocenters. The van der Waals surface area contributed by atoms with E-state index in [0.29, 0.717) is 10.7 Å². The van der Waals surface area contributed by atoms with Crippen LogP contribution in [0.15, 0.2) is 75.3 Å². The molecule has 15 heteroatoms. The molecule has 2 aromatic carbocycles. The van der Waals surface area contributed by atoms with Crippen molar-refractivity contribution in [3.63, 3.8) is 0 Å². The van der Waals surface area contributed by atoms with E-state index in [9.17, 15) is 16.8 Å². The van der Waals surface area contributed by atoms with Crippen LogP contribution in [-0.2, 0) is 20.0 Å². The standard InChI is InChI=1S/C23H27ClN8O4S2/c1-16(2)32-27-14-21(28-32)38(35,36)30-23(26-12-13-37(25,33)34)31-15-20(17-6-4-3-5-7-17)22(29-31)18-8-10-19(24)11-9-18/h3-11,14,16,20H,12-13,15H2,1-2H3,(H,26,30)(H2,25,33,34)/t20-/m0/s1. The molecular weight excluding hydrogens is 552 g/mol. The molecule has 0 saturated heterocycles. The molecule has 1 aliphatic heterocycles. The van der Waals surface area contributed by atoms with Crippen molar-refractivity contribution in [2.45, 2.75) is 30.8 Å². The van der Waals surface area contributed by atoms with Crippen LogP contribution in [0.4, 0.5) is 0 Å². The Morgan fingerprint density at radius 1 is 1.13 bits per heavy atom. The van der Waals surface area contributed by atoms with E-state index in [0.717, 1.165) is 17.3 Å². The van der Waals surface area contributed by atoms with E-state index in [-0.39, 0.29) is 36.0 Å². The van der Waals surface area contributed by atoms with Crippen LogP contribution in [0.2, 0.25) is 5.02 Å². The topological polar surface area (TPSA) is 165 Å². The van der Waals surface area contributed by atoms with Crippen molar-refractivity contribution in [2.24, 2.45) is 14.6 Å². The summed E-state index contributed by atoms with van der Waals surface area (Å²) in [4.78, 5) is 1.26. The van der Waals surface area contributed by atoms with Gasteiger partial charge in [-0.2, -0.15) is 23.4 Å². The van der Waals surface area contributed by atoms with Crippen molar-refractivity contribution in [1.29, 1.82) is 0 Å². The first-order chi connectivity index (χ1) is 17.9. The number of rotatable bonds is 8. The summed E-state index contributed by atoms with van der Waals surface area (Å²) in [6.45, 7) is 3.66. The quantitative estimate of drug-likeness (QED) is 0.302. The Hall–Kier alpha value is -3.33. The fourth-order valence-electron chi connectivity index (χ4n) is 3.73. The van der Waals surface area contributed by atoms with Crippen molar-refractivity contribution < 1.29 is 16.8 Å². The lowest BCUT2D eigenvalue weighted by Gasteiger charge is -2.19. The molecule has 0 bridgehead atoms. The Morgan fingerprint density at radius 2 is 1.82 bits per heavy atom. The molecule has 202 valence electrons. The maximum absolute atomic E-state index is 13.2. The average Bonchev–Trinajstić information content (AvgIpc) is 3.53. The molecule has 0 amide bonds. The number of hydrazone groups is 1. The molecule has 38 heavy (non-hydrogen) atoms. The van der Waals surface area contributed by atoms with Gasteiger partial charge in [-0.1, -0.05) is 54.1 Å². The number of primary sulfonamides is 1. The second-order valence-electron chi connectivity index (χ2n) is 8.82. The molecule has 3 aromatic rings. The summed E-state index contributed by atoms with van der Waals surface area (Å²) >= 11 is 6.08. The Morgan fingerprint density at radius 3 is 2.42 bits per heavy atom. The summed E-state index contributed by atoms with van der Waals surface area (Å²) in [5, 5.41) is 22.2. The highest BCUT2D eigenvalue weighted by Gasteiger charge is 2.33. The monoisotopic (exact) mass is 578 g/mol. The van der Waals surface area contributed by atoms with Crippen molar-refractivity contribution in [2.75, 3.05) is 18.8 Å². The summed E-state index contributed by atoms with van der Waals surface area (Å²) in [6.07, 6.45) is 1.11. The van der Waals surface area contributed by atoms with Crippen LogP contribution in [0.3, 0.4) is 0 Å². The number of benzene rings is 2. The van der Waals surface area contributed by atoms with Crippen LogP contribution < -0.4 is 10.5 Å². The normalized spacial score (nSPS) is 16.7. The molecule has 0 radical (unpaired) electrons. The highest BCUT2D eigenvalue weighted by molar-refractivity contribution is 7.90. The zero-order valence-electron chi connectivity index (χ0n) is 20.6. The molecule has 1 atom stereocenters. The molecular formula is C23H27ClN8O4S2. The van der Waals surface area contributed by atoms with Gasteiger partial charge < -0.3 is 5.32 Å². The maximum atomic E-state index is 13.2. The maximum Gasteiger partial charge on any atom is 0.306 e. The molecule has 1 aromatic heterocycles. The number of hydrogen-bond acceptors (Lipinski definition) is 7. The third kappa shape index (κ3) is 6.75. The molecule has 0 spiro atoms. The average molecular weight is 579 g/mol. The van der Waals surface area contributed by atoms with Crippen molar-refractivity contribution >= 4 is 43.3 Å². The van der Waals surface area contributed by atoms with Crippen LogP contribution in [0.25, 0.3) is 0 Å². The van der Waals surface area contributed by atoms with Gasteiger partial charge in [-0.15, -0.1) is 9.50 Å². The predicted octanol–water partition coefficient (Wildman–Crippen LogP) is 1.94. The number of aromatic nitrogens is 3. The smallest absolute Gasteiger partial charge is 0.306 e. The molecule has 0 saturated carbocycles. The Labute approximate surface area is 226 Å². The van der Waals surface area contributed by atoms with Gasteiger partial charge in [0.2, 0.25) is 21.0 Å². The van der Waals surface area contributed by atoms with Gasteiger partial charge in [-0.05, 0) is 37.1 Å². The Kier molecular flexibility index (Phi) is 8.16. The largest absolute Gasteiger partial charge is 0.353 e. The molecule has 1 aliphatic rings. The van der Waals surface area contributed by atoms with Crippen molar-refractivity contribution in [3.8, 4) is 0 Å². The molecule has 12 nitrogen and oxygen atoms in total. The number of sulfonamides is 2. The summed E-state index contributed by atoms with van der Waals surface area (Å²) in [5.74, 6) is -0.857. The fourth-order valence-corrected chi connectivity index (χ4v) is 5.09. The summed E-state index contributed by atoms with van der Waals surface area (Å²) in [5.41, 5.74) is 2.41. The van der Waals surface area contributed by atoms with Gasteiger partial charge in [0.25, 0.3) is 0 Å². The van der Waals surface area contributed by atoms with Gasteiger partial charge in [0, 0.05) is 17.5 Å². The number of nitrogens with zero attached hydrogens (tertiary/aromatic N) is 6. The van der Waals surface area contributed by atoms with Crippen LogP contribution in [-0.4, -0.2) is 67.4 Å². The zero-order valence-corrected chi connectivity index (χ0v) is 23.0. The van der Waals surface area contributed by atoms with E-state index in [4.69, 9.17) is 21.8 Å². The third-order valence-corrected chi connectivity index (χ3v) is 7.74. The van der Waals surface area contributed by atoms with Gasteiger partial charge in [0.1, 0.15) is 0 Å². The lowest BCUT2D eigenvalue weighted by Crippen LogP contribution is -2.41.